The molecule has 1 N–H and O–H groups in total. The van der Waals surface area contributed by atoms with E-state index < -0.39 is 10.0 Å². The molecule has 0 saturated carbocycles. The molecule has 0 aromatic heterocycles. The number of nitrogens with zero attached hydrogens (tertiary/aromatic N) is 2. The number of sulfonamides is 1. The molecule has 18 heavy (non-hydrogen) atoms. The van der Waals surface area contributed by atoms with E-state index in [1.54, 1.807) is 4.31 Å². The average Bonchev–Trinajstić information content (AvgIpc) is 2.38. The van der Waals surface area contributed by atoms with Crippen molar-refractivity contribution in [2.24, 2.45) is 0 Å². The molecule has 0 aromatic rings. The van der Waals surface area contributed by atoms with E-state index in [0.717, 1.165) is 31.9 Å². The van der Waals surface area contributed by atoms with E-state index in [1.807, 2.05) is 11.8 Å². The van der Waals surface area contributed by atoms with Gasteiger partial charge in [0.15, 0.2) is 0 Å². The van der Waals surface area contributed by atoms with Gasteiger partial charge in [-0.15, -0.1) is 0 Å². The van der Waals surface area contributed by atoms with E-state index in [-0.39, 0.29) is 5.75 Å². The summed E-state index contributed by atoms with van der Waals surface area (Å²) in [5.41, 5.74) is 0. The molecule has 1 atom stereocenters. The van der Waals surface area contributed by atoms with Crippen LogP contribution in [0.3, 0.4) is 0 Å². The third-order valence-corrected chi connectivity index (χ3v) is 6.43. The standard InChI is InChI=1S/C11H23N3O2S2/c1-11-10-14(6-8-17-11)18(15,16)9-7-13-4-2-12-3-5-13/h11-12H,2-10H2,1H3. The fourth-order valence-corrected chi connectivity index (χ4v) is 5.14. The van der Waals surface area contributed by atoms with Gasteiger partial charge in [0.05, 0.1) is 5.75 Å². The topological polar surface area (TPSA) is 52.7 Å². The van der Waals surface area contributed by atoms with E-state index in [1.165, 1.54) is 0 Å². The van der Waals surface area contributed by atoms with Crippen LogP contribution in [-0.4, -0.2) is 80.2 Å². The Labute approximate surface area is 114 Å². The summed E-state index contributed by atoms with van der Waals surface area (Å²) < 4.78 is 26.2. The maximum Gasteiger partial charge on any atom is 0.215 e. The van der Waals surface area contributed by atoms with Gasteiger partial charge in [0, 0.05) is 56.8 Å². The summed E-state index contributed by atoms with van der Waals surface area (Å²) in [6, 6.07) is 0. The van der Waals surface area contributed by atoms with Crippen molar-refractivity contribution in [1.29, 1.82) is 0 Å². The lowest BCUT2D eigenvalue weighted by atomic mass is 10.4. The minimum atomic E-state index is -3.06. The summed E-state index contributed by atoms with van der Waals surface area (Å²) in [6.07, 6.45) is 0. The summed E-state index contributed by atoms with van der Waals surface area (Å²) in [7, 11) is -3.06. The lowest BCUT2D eigenvalue weighted by Crippen LogP contribution is -2.47. The van der Waals surface area contributed by atoms with E-state index in [0.29, 0.717) is 24.9 Å². The summed E-state index contributed by atoms with van der Waals surface area (Å²) in [6.45, 7) is 7.98. The van der Waals surface area contributed by atoms with Crippen molar-refractivity contribution in [2.45, 2.75) is 12.2 Å². The van der Waals surface area contributed by atoms with Crippen molar-refractivity contribution >= 4 is 21.8 Å². The monoisotopic (exact) mass is 293 g/mol. The highest BCUT2D eigenvalue weighted by Crippen LogP contribution is 2.20. The number of hydrogen-bond acceptors (Lipinski definition) is 5. The summed E-state index contributed by atoms with van der Waals surface area (Å²) >= 11 is 1.86. The van der Waals surface area contributed by atoms with Crippen molar-refractivity contribution in [3.63, 3.8) is 0 Å². The smallest absolute Gasteiger partial charge is 0.215 e. The lowest BCUT2D eigenvalue weighted by molar-refractivity contribution is 0.252. The average molecular weight is 293 g/mol. The maximum atomic E-state index is 12.2. The molecule has 2 saturated heterocycles. The third kappa shape index (κ3) is 4.09. The Morgan fingerprint density at radius 2 is 2.00 bits per heavy atom. The van der Waals surface area contributed by atoms with E-state index in [4.69, 9.17) is 0 Å². The van der Waals surface area contributed by atoms with Gasteiger partial charge in [0.1, 0.15) is 0 Å². The molecule has 0 aromatic carbocycles. The molecule has 106 valence electrons. The van der Waals surface area contributed by atoms with E-state index in [9.17, 15) is 8.42 Å². The molecule has 2 fully saturated rings. The van der Waals surface area contributed by atoms with Gasteiger partial charge in [-0.05, 0) is 0 Å². The third-order valence-electron chi connectivity index (χ3n) is 3.47. The maximum absolute atomic E-state index is 12.2. The Balaban J connectivity index is 1.82. The molecule has 2 rings (SSSR count). The summed E-state index contributed by atoms with van der Waals surface area (Å²) in [5, 5.41) is 3.70. The van der Waals surface area contributed by atoms with Crippen LogP contribution >= 0.6 is 11.8 Å². The van der Waals surface area contributed by atoms with Crippen LogP contribution in [0.15, 0.2) is 0 Å². The Morgan fingerprint density at radius 3 is 2.67 bits per heavy atom. The fourth-order valence-electron chi connectivity index (χ4n) is 2.35. The Kier molecular flexibility index (Phi) is 5.32. The van der Waals surface area contributed by atoms with Crippen LogP contribution in [0.25, 0.3) is 0 Å². The quantitative estimate of drug-likeness (QED) is 0.768. The SMILES string of the molecule is CC1CN(S(=O)(=O)CCN2CCNCC2)CCS1. The van der Waals surface area contributed by atoms with Gasteiger partial charge in [-0.1, -0.05) is 6.92 Å². The predicted molar refractivity (Wildman–Crippen MR) is 76.6 cm³/mol. The van der Waals surface area contributed by atoms with Gasteiger partial charge in [0.2, 0.25) is 10.0 Å². The zero-order valence-corrected chi connectivity index (χ0v) is 12.6. The second-order valence-electron chi connectivity index (χ2n) is 4.95. The van der Waals surface area contributed by atoms with Crippen molar-refractivity contribution < 1.29 is 8.42 Å². The molecule has 0 bridgehead atoms. The van der Waals surface area contributed by atoms with Crippen molar-refractivity contribution in [3.8, 4) is 0 Å². The first kappa shape index (κ1) is 14.6. The zero-order valence-electron chi connectivity index (χ0n) is 11.0. The van der Waals surface area contributed by atoms with Gasteiger partial charge >= 0.3 is 0 Å². The molecule has 2 aliphatic heterocycles. The highest BCUT2D eigenvalue weighted by molar-refractivity contribution is 8.00. The molecule has 2 heterocycles. The van der Waals surface area contributed by atoms with Crippen LogP contribution in [-0.2, 0) is 10.0 Å². The molecule has 7 heteroatoms. The molecular weight excluding hydrogens is 270 g/mol. The highest BCUT2D eigenvalue weighted by atomic mass is 32.2. The first-order chi connectivity index (χ1) is 8.58. The van der Waals surface area contributed by atoms with Gasteiger partial charge in [-0.25, -0.2) is 8.42 Å². The van der Waals surface area contributed by atoms with E-state index in [2.05, 4.69) is 17.1 Å². The fraction of sp³-hybridized carbons (Fsp3) is 1.00. The predicted octanol–water partition coefficient (Wildman–Crippen LogP) is -0.341. The van der Waals surface area contributed by atoms with Gasteiger partial charge in [0.25, 0.3) is 0 Å². The van der Waals surface area contributed by atoms with Gasteiger partial charge < -0.3 is 5.32 Å². The number of nitrogens with one attached hydrogen (secondary N) is 1. The Hall–Kier alpha value is 0.180. The number of hydrogen-bond donors (Lipinski definition) is 1. The van der Waals surface area contributed by atoms with Crippen LogP contribution in [0.5, 0.6) is 0 Å². The molecule has 0 amide bonds. The number of rotatable bonds is 4. The zero-order chi connectivity index (χ0) is 13.0. The van der Waals surface area contributed by atoms with Crippen LogP contribution in [0.2, 0.25) is 0 Å². The summed E-state index contributed by atoms with van der Waals surface area (Å²) in [5.74, 6) is 1.19. The highest BCUT2D eigenvalue weighted by Gasteiger charge is 2.27. The van der Waals surface area contributed by atoms with Crippen LogP contribution in [0.4, 0.5) is 0 Å². The number of thioether (sulfide) groups is 1. The van der Waals surface area contributed by atoms with Gasteiger partial charge in [-0.3, -0.25) is 4.90 Å². The second-order valence-corrected chi connectivity index (χ2v) is 8.58. The Bertz CT molecular complexity index is 355. The summed E-state index contributed by atoms with van der Waals surface area (Å²) in [4.78, 5) is 2.23. The second kappa shape index (κ2) is 6.56. The molecule has 2 aliphatic rings. The largest absolute Gasteiger partial charge is 0.314 e. The van der Waals surface area contributed by atoms with Crippen molar-refractivity contribution in [2.75, 3.05) is 57.3 Å². The Morgan fingerprint density at radius 1 is 1.28 bits per heavy atom. The van der Waals surface area contributed by atoms with Crippen LogP contribution in [0.1, 0.15) is 6.92 Å². The minimum Gasteiger partial charge on any atom is -0.314 e. The first-order valence-corrected chi connectivity index (χ1v) is 9.26. The van der Waals surface area contributed by atoms with Crippen LogP contribution < -0.4 is 5.32 Å². The molecule has 1 unspecified atom stereocenters. The minimum absolute atomic E-state index is 0.268. The van der Waals surface area contributed by atoms with Crippen molar-refractivity contribution in [3.05, 3.63) is 0 Å². The number of piperazine rings is 1. The van der Waals surface area contributed by atoms with Gasteiger partial charge in [-0.2, -0.15) is 16.1 Å². The molecule has 0 radical (unpaired) electrons. The van der Waals surface area contributed by atoms with Crippen molar-refractivity contribution in [1.82, 2.24) is 14.5 Å². The molecular formula is C11H23N3O2S2. The lowest BCUT2D eigenvalue weighted by Gasteiger charge is -2.31. The molecule has 5 nitrogen and oxygen atoms in total. The molecule has 0 spiro atoms. The molecule has 0 aliphatic carbocycles. The van der Waals surface area contributed by atoms with E-state index >= 15 is 0 Å². The normalized spacial score (nSPS) is 28.4. The van der Waals surface area contributed by atoms with Crippen LogP contribution in [0, 0.1) is 0 Å². The first-order valence-electron chi connectivity index (χ1n) is 6.60.